The molecule has 1 unspecified atom stereocenters. The summed E-state index contributed by atoms with van der Waals surface area (Å²) >= 11 is 0. The van der Waals surface area contributed by atoms with Crippen molar-refractivity contribution in [3.05, 3.63) is 35.9 Å². The topological polar surface area (TPSA) is 50.7 Å². The summed E-state index contributed by atoms with van der Waals surface area (Å²) in [6.45, 7) is 2.29. The lowest BCUT2D eigenvalue weighted by molar-refractivity contribution is 0.533. The van der Waals surface area contributed by atoms with Crippen molar-refractivity contribution in [2.45, 2.75) is 116 Å². The van der Waals surface area contributed by atoms with Crippen LogP contribution in [0.2, 0.25) is 0 Å². The molecule has 0 aromatic heterocycles. The normalized spacial score (nSPS) is 16.1. The molecule has 0 amide bonds. The van der Waals surface area contributed by atoms with E-state index in [0.29, 0.717) is 0 Å². The summed E-state index contributed by atoms with van der Waals surface area (Å²) < 4.78 is 0. The van der Waals surface area contributed by atoms with E-state index >= 15 is 0 Å². The molecule has 0 radical (unpaired) electrons. The first-order valence-corrected chi connectivity index (χ1v) is 12.3. The van der Waals surface area contributed by atoms with Gasteiger partial charge in [0.2, 0.25) is 0 Å². The van der Waals surface area contributed by atoms with Gasteiger partial charge in [-0.2, -0.15) is 10.2 Å². The number of rotatable bonds is 17. The summed E-state index contributed by atoms with van der Waals surface area (Å²) in [4.78, 5) is 0. The molecule has 0 saturated carbocycles. The van der Waals surface area contributed by atoms with Gasteiger partial charge in [-0.3, -0.25) is 0 Å². The summed E-state index contributed by atoms with van der Waals surface area (Å²) in [5.74, 6) is 0. The van der Waals surface area contributed by atoms with E-state index in [9.17, 15) is 0 Å². The van der Waals surface area contributed by atoms with Gasteiger partial charge in [-0.05, 0) is 18.4 Å². The average molecular weight is 398 g/mol. The van der Waals surface area contributed by atoms with Crippen molar-refractivity contribution in [3.8, 4) is 0 Å². The first kappa shape index (κ1) is 23.8. The van der Waals surface area contributed by atoms with E-state index in [0.717, 1.165) is 23.4 Å². The molecule has 1 aliphatic rings. The van der Waals surface area contributed by atoms with Crippen molar-refractivity contribution in [2.24, 2.45) is 15.9 Å². The van der Waals surface area contributed by atoms with Gasteiger partial charge < -0.3 is 5.73 Å². The first-order chi connectivity index (χ1) is 14.3. The van der Waals surface area contributed by atoms with Gasteiger partial charge in [0.05, 0.1) is 17.5 Å². The van der Waals surface area contributed by atoms with Crippen LogP contribution < -0.4 is 5.73 Å². The maximum absolute atomic E-state index is 6.35. The fourth-order valence-electron chi connectivity index (χ4n) is 4.13. The highest BCUT2D eigenvalue weighted by atomic mass is 15.3. The van der Waals surface area contributed by atoms with Gasteiger partial charge in [-0.1, -0.05) is 127 Å². The Kier molecular flexibility index (Phi) is 12.6. The molecular weight excluding hydrogens is 354 g/mol. The number of unbranched alkanes of at least 4 members (excludes halogenated alkanes) is 14. The van der Waals surface area contributed by atoms with E-state index in [1.54, 1.807) is 0 Å². The summed E-state index contributed by atoms with van der Waals surface area (Å²) in [6, 6.07) is 10.1. The summed E-state index contributed by atoms with van der Waals surface area (Å²) in [5, 5.41) is 8.69. The smallest absolute Gasteiger partial charge is 0.0928 e. The lowest BCUT2D eigenvalue weighted by Crippen LogP contribution is -2.36. The molecule has 0 fully saturated rings. The van der Waals surface area contributed by atoms with E-state index < -0.39 is 0 Å². The van der Waals surface area contributed by atoms with E-state index in [4.69, 9.17) is 5.73 Å². The lowest BCUT2D eigenvalue weighted by atomic mass is 9.97. The Morgan fingerprint density at radius 3 is 1.66 bits per heavy atom. The molecular formula is C26H43N3. The fourth-order valence-corrected chi connectivity index (χ4v) is 4.13. The Morgan fingerprint density at radius 2 is 1.14 bits per heavy atom. The highest BCUT2D eigenvalue weighted by Gasteiger charge is 2.23. The van der Waals surface area contributed by atoms with Crippen LogP contribution in [0.15, 0.2) is 40.5 Å². The highest BCUT2D eigenvalue weighted by Crippen LogP contribution is 2.17. The van der Waals surface area contributed by atoms with E-state index in [1.807, 2.05) is 18.2 Å². The third kappa shape index (κ3) is 9.71. The average Bonchev–Trinajstić information content (AvgIpc) is 3.12. The van der Waals surface area contributed by atoms with Crippen LogP contribution in [0.1, 0.15) is 115 Å². The molecule has 1 heterocycles. The number of hydrogen-bond donors (Lipinski definition) is 1. The van der Waals surface area contributed by atoms with Crippen LogP contribution in [0.25, 0.3) is 0 Å². The molecule has 2 N–H and O–H groups in total. The number of nitrogens with two attached hydrogens (primary N) is 1. The van der Waals surface area contributed by atoms with Crippen LogP contribution in [-0.4, -0.2) is 17.5 Å². The Morgan fingerprint density at radius 1 is 0.655 bits per heavy atom. The SMILES string of the molecule is CCCCCCCCCCCCCCCCCC1=NN=C(c2ccccc2)C1N. The summed E-state index contributed by atoms with van der Waals surface area (Å²) in [5.41, 5.74) is 9.42. The van der Waals surface area contributed by atoms with Gasteiger partial charge in [0.25, 0.3) is 0 Å². The molecule has 0 spiro atoms. The molecule has 0 bridgehead atoms. The molecule has 1 aromatic rings. The minimum absolute atomic E-state index is 0.121. The van der Waals surface area contributed by atoms with Crippen LogP contribution in [-0.2, 0) is 0 Å². The van der Waals surface area contributed by atoms with Gasteiger partial charge in [-0.15, -0.1) is 0 Å². The molecule has 162 valence electrons. The Hall–Kier alpha value is -1.48. The molecule has 0 saturated heterocycles. The van der Waals surface area contributed by atoms with Gasteiger partial charge in [0.15, 0.2) is 0 Å². The van der Waals surface area contributed by atoms with E-state index in [-0.39, 0.29) is 6.04 Å². The minimum Gasteiger partial charge on any atom is -0.318 e. The molecule has 0 aliphatic carbocycles. The molecule has 2 rings (SSSR count). The van der Waals surface area contributed by atoms with Crippen LogP contribution >= 0.6 is 0 Å². The zero-order valence-electron chi connectivity index (χ0n) is 18.7. The van der Waals surface area contributed by atoms with Gasteiger partial charge in [-0.25, -0.2) is 0 Å². The van der Waals surface area contributed by atoms with Crippen LogP contribution in [0, 0.1) is 0 Å². The predicted molar refractivity (Wildman–Crippen MR) is 128 cm³/mol. The molecule has 3 nitrogen and oxygen atoms in total. The van der Waals surface area contributed by atoms with Crippen molar-refractivity contribution in [1.82, 2.24) is 0 Å². The molecule has 29 heavy (non-hydrogen) atoms. The molecule has 3 heteroatoms. The van der Waals surface area contributed by atoms with Crippen molar-refractivity contribution in [3.63, 3.8) is 0 Å². The fraction of sp³-hybridized carbons (Fsp3) is 0.692. The maximum atomic E-state index is 6.35. The third-order valence-electron chi connectivity index (χ3n) is 6.05. The van der Waals surface area contributed by atoms with Crippen LogP contribution in [0.5, 0.6) is 0 Å². The van der Waals surface area contributed by atoms with Crippen LogP contribution in [0.3, 0.4) is 0 Å². The van der Waals surface area contributed by atoms with E-state index in [2.05, 4.69) is 29.3 Å². The Balaban J connectivity index is 1.38. The zero-order chi connectivity index (χ0) is 20.6. The summed E-state index contributed by atoms with van der Waals surface area (Å²) in [6.07, 6.45) is 21.9. The predicted octanol–water partition coefficient (Wildman–Crippen LogP) is 7.43. The first-order valence-electron chi connectivity index (χ1n) is 12.3. The molecule has 1 aromatic carbocycles. The quantitative estimate of drug-likeness (QED) is 0.273. The number of hydrogen-bond acceptors (Lipinski definition) is 3. The standard InChI is InChI=1S/C26H43N3/c1-2-3-4-5-6-7-8-9-10-11-12-13-14-15-19-22-24-25(27)26(29-28-24)23-20-17-16-18-21-23/h16-18,20-21,25H,2-15,19,22,27H2,1H3. The third-order valence-corrected chi connectivity index (χ3v) is 6.05. The molecule has 1 atom stereocenters. The maximum Gasteiger partial charge on any atom is 0.0928 e. The highest BCUT2D eigenvalue weighted by molar-refractivity contribution is 6.20. The Labute approximate surface area is 179 Å². The van der Waals surface area contributed by atoms with Crippen LogP contribution in [0.4, 0.5) is 0 Å². The number of benzene rings is 1. The summed E-state index contributed by atoms with van der Waals surface area (Å²) in [7, 11) is 0. The minimum atomic E-state index is -0.121. The van der Waals surface area contributed by atoms with Crippen molar-refractivity contribution >= 4 is 11.4 Å². The van der Waals surface area contributed by atoms with Gasteiger partial charge in [0.1, 0.15) is 0 Å². The monoisotopic (exact) mass is 397 g/mol. The largest absolute Gasteiger partial charge is 0.318 e. The zero-order valence-corrected chi connectivity index (χ0v) is 18.7. The van der Waals surface area contributed by atoms with Crippen molar-refractivity contribution in [1.29, 1.82) is 0 Å². The molecule has 1 aliphatic heterocycles. The lowest BCUT2D eigenvalue weighted by Gasteiger charge is -2.10. The second-order valence-electron chi connectivity index (χ2n) is 8.62. The second kappa shape index (κ2) is 15.4. The number of nitrogens with zero attached hydrogens (tertiary/aromatic N) is 2. The second-order valence-corrected chi connectivity index (χ2v) is 8.62. The van der Waals surface area contributed by atoms with Gasteiger partial charge >= 0.3 is 0 Å². The van der Waals surface area contributed by atoms with E-state index in [1.165, 1.54) is 96.3 Å². The van der Waals surface area contributed by atoms with Gasteiger partial charge in [0, 0.05) is 0 Å². The van der Waals surface area contributed by atoms with Crippen molar-refractivity contribution in [2.75, 3.05) is 0 Å². The van der Waals surface area contributed by atoms with Crippen molar-refractivity contribution < 1.29 is 0 Å². The Bertz CT molecular complexity index is 591.